The third-order valence-electron chi connectivity index (χ3n) is 8.15. The molecule has 0 bridgehead atoms. The molecule has 0 unspecified atom stereocenters. The second-order valence-corrected chi connectivity index (χ2v) is 12.7. The van der Waals surface area contributed by atoms with E-state index in [9.17, 15) is 19.1 Å². The van der Waals surface area contributed by atoms with Crippen LogP contribution in [0.15, 0.2) is 60.7 Å². The number of rotatable bonds is 8. The minimum Gasteiger partial charge on any atom is -0.487 e. The van der Waals surface area contributed by atoms with Gasteiger partial charge in [0.1, 0.15) is 23.7 Å². The molecule has 0 spiro atoms. The summed E-state index contributed by atoms with van der Waals surface area (Å²) in [6.45, 7) is 3.67. The lowest BCUT2D eigenvalue weighted by Crippen LogP contribution is -2.55. The van der Waals surface area contributed by atoms with Gasteiger partial charge >= 0.3 is 5.97 Å². The Morgan fingerprint density at radius 2 is 1.69 bits per heavy atom. The van der Waals surface area contributed by atoms with Crippen molar-refractivity contribution in [2.24, 2.45) is 11.8 Å². The number of fused-ring (bicyclic) bond motifs is 3. The standard InChI is InChI=1S/C32H31Cl3FNO5/c1-32(2)24-16-23(31(40)37(17-29(38)39)12-11-18-3-6-20(33)7-4-18)28(14-19-5-9-26(36)25(35)13-19)41-30(24)22-15-21(34)8-10-27(22)42-32/h3-10,13,15,23-24,28,30H,11-12,14,16-17H2,1-2H3,(H,38,39)/t23-,24-,28-,30+/m1/s1. The van der Waals surface area contributed by atoms with Crippen LogP contribution in [0.3, 0.4) is 0 Å². The quantitative estimate of drug-likeness (QED) is 0.279. The molecule has 222 valence electrons. The monoisotopic (exact) mass is 633 g/mol. The van der Waals surface area contributed by atoms with E-state index >= 15 is 0 Å². The minimum absolute atomic E-state index is 0.0242. The zero-order chi connectivity index (χ0) is 30.2. The molecule has 3 aromatic carbocycles. The number of carbonyl (C=O) groups excluding carboxylic acids is 1. The Hall–Kier alpha value is -2.84. The van der Waals surface area contributed by atoms with Crippen molar-refractivity contribution in [1.29, 1.82) is 0 Å². The number of aliphatic carboxylic acids is 1. The molecular weight excluding hydrogens is 604 g/mol. The highest BCUT2D eigenvalue weighted by Gasteiger charge is 2.52. The molecule has 42 heavy (non-hydrogen) atoms. The number of hydrogen-bond donors (Lipinski definition) is 1. The van der Waals surface area contributed by atoms with Crippen molar-refractivity contribution in [3.05, 3.63) is 98.2 Å². The summed E-state index contributed by atoms with van der Waals surface area (Å²) in [6.07, 6.45) is 0.0463. The third kappa shape index (κ3) is 6.70. The van der Waals surface area contributed by atoms with Gasteiger partial charge in [0.2, 0.25) is 5.91 Å². The fourth-order valence-electron chi connectivity index (χ4n) is 5.99. The highest BCUT2D eigenvalue weighted by molar-refractivity contribution is 6.31. The summed E-state index contributed by atoms with van der Waals surface area (Å²) >= 11 is 18.5. The SMILES string of the molecule is CC1(C)Oc2ccc(Cl)cc2[C@@H]2O[C@H](Cc3ccc(F)c(Cl)c3)[C@H](C(=O)N(CCc3ccc(Cl)cc3)CC(=O)O)C[C@H]21. The predicted octanol–water partition coefficient (Wildman–Crippen LogP) is 7.42. The van der Waals surface area contributed by atoms with Gasteiger partial charge in [-0.1, -0.05) is 53.0 Å². The molecule has 3 aromatic rings. The number of benzene rings is 3. The largest absolute Gasteiger partial charge is 0.487 e. The van der Waals surface area contributed by atoms with Gasteiger partial charge in [-0.05, 0) is 86.7 Å². The first kappa shape index (κ1) is 30.6. The average Bonchev–Trinajstić information content (AvgIpc) is 2.93. The summed E-state index contributed by atoms with van der Waals surface area (Å²) in [6, 6.07) is 17.1. The molecule has 1 amide bonds. The highest BCUT2D eigenvalue weighted by atomic mass is 35.5. The fraction of sp³-hybridized carbons (Fsp3) is 0.375. The molecule has 0 saturated carbocycles. The Kier molecular flexibility index (Phi) is 9.05. The maximum atomic E-state index is 14.2. The molecule has 5 rings (SSSR count). The fourth-order valence-corrected chi connectivity index (χ4v) is 6.50. The lowest BCUT2D eigenvalue weighted by Gasteiger charge is -2.51. The molecule has 4 atom stereocenters. The van der Waals surface area contributed by atoms with Crippen LogP contribution in [-0.4, -0.2) is 46.7 Å². The van der Waals surface area contributed by atoms with Gasteiger partial charge < -0.3 is 19.5 Å². The average molecular weight is 635 g/mol. The number of nitrogens with zero attached hydrogens (tertiary/aromatic N) is 1. The van der Waals surface area contributed by atoms with Gasteiger partial charge in [-0.3, -0.25) is 9.59 Å². The number of ether oxygens (including phenoxy) is 2. The first-order chi connectivity index (χ1) is 19.9. The number of amides is 1. The van der Waals surface area contributed by atoms with Crippen LogP contribution in [0.4, 0.5) is 4.39 Å². The van der Waals surface area contributed by atoms with Crippen molar-refractivity contribution < 1.29 is 28.6 Å². The number of carbonyl (C=O) groups is 2. The maximum absolute atomic E-state index is 14.2. The molecule has 1 saturated heterocycles. The van der Waals surface area contributed by atoms with E-state index in [1.54, 1.807) is 24.3 Å². The van der Waals surface area contributed by atoms with Crippen LogP contribution >= 0.6 is 34.8 Å². The van der Waals surface area contributed by atoms with Crippen molar-refractivity contribution >= 4 is 46.7 Å². The molecule has 2 aliphatic rings. The second kappa shape index (κ2) is 12.4. The van der Waals surface area contributed by atoms with Crippen LogP contribution in [-0.2, 0) is 27.2 Å². The molecule has 10 heteroatoms. The normalized spacial score (nSPS) is 22.4. The van der Waals surface area contributed by atoms with Crippen molar-refractivity contribution in [2.75, 3.05) is 13.1 Å². The van der Waals surface area contributed by atoms with Crippen molar-refractivity contribution in [3.8, 4) is 5.75 Å². The number of carboxylic acid groups (broad SMARTS) is 1. The Balaban J connectivity index is 1.48. The van der Waals surface area contributed by atoms with Crippen LogP contribution in [0.1, 0.15) is 43.1 Å². The zero-order valence-electron chi connectivity index (χ0n) is 23.2. The van der Waals surface area contributed by atoms with E-state index in [4.69, 9.17) is 44.3 Å². The summed E-state index contributed by atoms with van der Waals surface area (Å²) in [4.78, 5) is 27.5. The lowest BCUT2D eigenvalue weighted by molar-refractivity contribution is -0.184. The van der Waals surface area contributed by atoms with E-state index in [0.29, 0.717) is 34.2 Å². The van der Waals surface area contributed by atoms with Crippen molar-refractivity contribution in [3.63, 3.8) is 0 Å². The molecule has 0 aromatic heterocycles. The molecule has 1 N–H and O–H groups in total. The van der Waals surface area contributed by atoms with E-state index in [-0.39, 0.29) is 29.8 Å². The van der Waals surface area contributed by atoms with Crippen LogP contribution in [0, 0.1) is 17.7 Å². The molecule has 0 aliphatic carbocycles. The summed E-state index contributed by atoms with van der Waals surface area (Å²) in [5, 5.41) is 10.8. The van der Waals surface area contributed by atoms with E-state index in [2.05, 4.69) is 0 Å². The van der Waals surface area contributed by atoms with E-state index in [1.165, 1.54) is 17.0 Å². The zero-order valence-corrected chi connectivity index (χ0v) is 25.4. The van der Waals surface area contributed by atoms with Crippen LogP contribution in [0.25, 0.3) is 0 Å². The van der Waals surface area contributed by atoms with Crippen molar-refractivity contribution in [1.82, 2.24) is 4.90 Å². The van der Waals surface area contributed by atoms with E-state index in [0.717, 1.165) is 11.1 Å². The number of halogens is 4. The van der Waals surface area contributed by atoms with Crippen LogP contribution in [0.5, 0.6) is 5.75 Å². The summed E-state index contributed by atoms with van der Waals surface area (Å²) in [5.41, 5.74) is 1.74. The van der Waals surface area contributed by atoms with E-state index in [1.807, 2.05) is 38.1 Å². The molecular formula is C32H31Cl3FNO5. The summed E-state index contributed by atoms with van der Waals surface area (Å²) in [7, 11) is 0. The first-order valence-electron chi connectivity index (χ1n) is 13.7. The molecule has 6 nitrogen and oxygen atoms in total. The van der Waals surface area contributed by atoms with Crippen molar-refractivity contribution in [2.45, 2.75) is 50.9 Å². The molecule has 1 fully saturated rings. The Labute approximate surface area is 259 Å². The van der Waals surface area contributed by atoms with Gasteiger partial charge in [-0.25, -0.2) is 4.39 Å². The molecule has 2 heterocycles. The summed E-state index contributed by atoms with van der Waals surface area (Å²) in [5.74, 6) is -2.23. The van der Waals surface area contributed by atoms with Crippen LogP contribution < -0.4 is 4.74 Å². The predicted molar refractivity (Wildman–Crippen MR) is 160 cm³/mol. The van der Waals surface area contributed by atoms with Gasteiger partial charge in [0, 0.05) is 28.1 Å². The topological polar surface area (TPSA) is 76.1 Å². The van der Waals surface area contributed by atoms with Gasteiger partial charge in [0.25, 0.3) is 0 Å². The molecule has 0 radical (unpaired) electrons. The Morgan fingerprint density at radius 1 is 1.00 bits per heavy atom. The van der Waals surface area contributed by atoms with Gasteiger partial charge in [-0.2, -0.15) is 0 Å². The van der Waals surface area contributed by atoms with Gasteiger partial charge in [-0.15, -0.1) is 0 Å². The maximum Gasteiger partial charge on any atom is 0.323 e. The lowest BCUT2D eigenvalue weighted by atomic mass is 9.71. The first-order valence-corrected chi connectivity index (χ1v) is 14.9. The van der Waals surface area contributed by atoms with E-state index < -0.39 is 42.1 Å². The van der Waals surface area contributed by atoms with Crippen LogP contribution in [0.2, 0.25) is 15.1 Å². The highest BCUT2D eigenvalue weighted by Crippen LogP contribution is 2.53. The van der Waals surface area contributed by atoms with Gasteiger partial charge in [0.05, 0.1) is 23.1 Å². The number of carboxylic acids is 1. The third-order valence-corrected chi connectivity index (χ3v) is 8.92. The number of hydrogen-bond acceptors (Lipinski definition) is 4. The Morgan fingerprint density at radius 3 is 2.38 bits per heavy atom. The second-order valence-electron chi connectivity index (χ2n) is 11.4. The minimum atomic E-state index is -1.11. The smallest absolute Gasteiger partial charge is 0.323 e. The van der Waals surface area contributed by atoms with Gasteiger partial charge in [0.15, 0.2) is 0 Å². The summed E-state index contributed by atoms with van der Waals surface area (Å²) < 4.78 is 27.1. The molecule has 2 aliphatic heterocycles. The Bertz CT molecular complexity index is 1480.